The molecule has 0 saturated heterocycles. The molecule has 1 fully saturated rings. The van der Waals surface area contributed by atoms with Crippen molar-refractivity contribution in [2.45, 2.75) is 26.2 Å². The van der Waals surface area contributed by atoms with Crippen LogP contribution in [0.4, 0.5) is 10.1 Å². The smallest absolute Gasteiger partial charge is 0.146 e. The SMILES string of the molecule is Cc1ccc(NCC2(CC(N)=NO)CC2)c(F)c1. The van der Waals surface area contributed by atoms with Gasteiger partial charge in [0, 0.05) is 13.0 Å². The van der Waals surface area contributed by atoms with Gasteiger partial charge in [-0.2, -0.15) is 0 Å². The van der Waals surface area contributed by atoms with E-state index in [1.807, 2.05) is 13.0 Å². The highest BCUT2D eigenvalue weighted by atomic mass is 19.1. The summed E-state index contributed by atoms with van der Waals surface area (Å²) >= 11 is 0. The van der Waals surface area contributed by atoms with Gasteiger partial charge in [0.2, 0.25) is 0 Å². The number of nitrogens with zero attached hydrogens (tertiary/aromatic N) is 1. The average Bonchev–Trinajstić information content (AvgIpc) is 3.08. The Morgan fingerprint density at radius 3 is 2.83 bits per heavy atom. The van der Waals surface area contributed by atoms with E-state index in [-0.39, 0.29) is 17.1 Å². The summed E-state index contributed by atoms with van der Waals surface area (Å²) in [6.07, 6.45) is 2.58. The Bertz CT molecular complexity index is 469. The van der Waals surface area contributed by atoms with Crippen LogP contribution in [0.1, 0.15) is 24.8 Å². The summed E-state index contributed by atoms with van der Waals surface area (Å²) in [7, 11) is 0. The van der Waals surface area contributed by atoms with Crippen LogP contribution < -0.4 is 11.1 Å². The quantitative estimate of drug-likeness (QED) is 0.326. The Hall–Kier alpha value is -1.78. The van der Waals surface area contributed by atoms with E-state index in [0.717, 1.165) is 18.4 Å². The van der Waals surface area contributed by atoms with Crippen LogP contribution in [-0.4, -0.2) is 17.6 Å². The summed E-state index contributed by atoms with van der Waals surface area (Å²) in [6.45, 7) is 2.50. The lowest BCUT2D eigenvalue weighted by Crippen LogP contribution is -2.24. The summed E-state index contributed by atoms with van der Waals surface area (Å²) in [5.74, 6) is -0.00623. The fourth-order valence-corrected chi connectivity index (χ4v) is 2.06. The molecule has 0 amide bonds. The minimum absolute atomic E-state index is 0.0215. The molecule has 1 saturated carbocycles. The molecule has 4 nitrogen and oxygen atoms in total. The Morgan fingerprint density at radius 2 is 2.28 bits per heavy atom. The van der Waals surface area contributed by atoms with Crippen LogP contribution in [0.15, 0.2) is 23.4 Å². The maximum atomic E-state index is 13.6. The molecule has 0 heterocycles. The highest BCUT2D eigenvalue weighted by molar-refractivity contribution is 5.80. The summed E-state index contributed by atoms with van der Waals surface area (Å²) in [6, 6.07) is 5.12. The standard InChI is InChI=1S/C13H18FN3O/c1-9-2-3-11(10(14)6-9)16-8-13(4-5-13)7-12(15)17-18/h2-3,6,16,18H,4-5,7-8H2,1H3,(H2,15,17). The number of benzene rings is 1. The van der Waals surface area contributed by atoms with Gasteiger partial charge in [-0.25, -0.2) is 4.39 Å². The average molecular weight is 251 g/mol. The zero-order chi connectivity index (χ0) is 13.2. The molecule has 4 N–H and O–H groups in total. The van der Waals surface area contributed by atoms with Crippen LogP contribution in [0, 0.1) is 18.2 Å². The lowest BCUT2D eigenvalue weighted by Gasteiger charge is -2.16. The van der Waals surface area contributed by atoms with Gasteiger partial charge in [0.15, 0.2) is 0 Å². The largest absolute Gasteiger partial charge is 0.409 e. The van der Waals surface area contributed by atoms with Crippen LogP contribution in [0.25, 0.3) is 0 Å². The molecule has 0 aliphatic heterocycles. The lowest BCUT2D eigenvalue weighted by molar-refractivity contribution is 0.315. The third-order valence-corrected chi connectivity index (χ3v) is 3.42. The molecular weight excluding hydrogens is 233 g/mol. The molecule has 1 aliphatic rings. The molecule has 2 rings (SSSR count). The fraction of sp³-hybridized carbons (Fsp3) is 0.462. The Morgan fingerprint density at radius 1 is 1.56 bits per heavy atom. The molecule has 0 aromatic heterocycles. The van der Waals surface area contributed by atoms with Crippen LogP contribution in [0.2, 0.25) is 0 Å². The lowest BCUT2D eigenvalue weighted by atomic mass is 10.0. The molecule has 0 spiro atoms. The van der Waals surface area contributed by atoms with Crippen molar-refractivity contribution < 1.29 is 9.60 Å². The van der Waals surface area contributed by atoms with Gasteiger partial charge in [0.25, 0.3) is 0 Å². The van der Waals surface area contributed by atoms with E-state index >= 15 is 0 Å². The monoisotopic (exact) mass is 251 g/mol. The van der Waals surface area contributed by atoms with Crippen molar-refractivity contribution in [2.75, 3.05) is 11.9 Å². The molecule has 1 aliphatic carbocycles. The summed E-state index contributed by atoms with van der Waals surface area (Å²) in [4.78, 5) is 0. The zero-order valence-electron chi connectivity index (χ0n) is 10.4. The van der Waals surface area contributed by atoms with E-state index < -0.39 is 0 Å². The highest BCUT2D eigenvalue weighted by Gasteiger charge is 2.43. The molecular formula is C13H18FN3O. The molecule has 1 aromatic rings. The van der Waals surface area contributed by atoms with E-state index in [1.165, 1.54) is 6.07 Å². The van der Waals surface area contributed by atoms with Gasteiger partial charge >= 0.3 is 0 Å². The first-order chi connectivity index (χ1) is 8.54. The van der Waals surface area contributed by atoms with Gasteiger partial charge in [0.05, 0.1) is 5.69 Å². The van der Waals surface area contributed by atoms with Crippen molar-refractivity contribution in [3.8, 4) is 0 Å². The maximum absolute atomic E-state index is 13.6. The predicted octanol–water partition coefficient (Wildman–Crippen LogP) is 2.46. The van der Waals surface area contributed by atoms with E-state index in [2.05, 4.69) is 10.5 Å². The zero-order valence-corrected chi connectivity index (χ0v) is 10.4. The van der Waals surface area contributed by atoms with E-state index in [1.54, 1.807) is 6.07 Å². The topological polar surface area (TPSA) is 70.6 Å². The number of rotatable bonds is 5. The second kappa shape index (κ2) is 4.84. The van der Waals surface area contributed by atoms with Crippen LogP contribution in [0.5, 0.6) is 0 Å². The first-order valence-electron chi connectivity index (χ1n) is 6.01. The second-order valence-electron chi connectivity index (χ2n) is 5.10. The molecule has 98 valence electrons. The summed E-state index contributed by atoms with van der Waals surface area (Å²) in [5, 5.41) is 14.7. The number of anilines is 1. The first kappa shape index (κ1) is 12.7. The van der Waals surface area contributed by atoms with Crippen molar-refractivity contribution in [2.24, 2.45) is 16.3 Å². The van der Waals surface area contributed by atoms with Gasteiger partial charge in [-0.3, -0.25) is 0 Å². The second-order valence-corrected chi connectivity index (χ2v) is 5.10. The number of nitrogens with one attached hydrogen (secondary N) is 1. The molecule has 5 heteroatoms. The Labute approximate surface area is 106 Å². The number of aryl methyl sites for hydroxylation is 1. The third-order valence-electron chi connectivity index (χ3n) is 3.42. The van der Waals surface area contributed by atoms with E-state index in [0.29, 0.717) is 18.7 Å². The fourth-order valence-electron chi connectivity index (χ4n) is 2.06. The highest BCUT2D eigenvalue weighted by Crippen LogP contribution is 2.48. The number of halogens is 1. The van der Waals surface area contributed by atoms with Crippen molar-refractivity contribution in [1.29, 1.82) is 0 Å². The van der Waals surface area contributed by atoms with Crippen molar-refractivity contribution >= 4 is 11.5 Å². The van der Waals surface area contributed by atoms with Crippen LogP contribution >= 0.6 is 0 Å². The van der Waals surface area contributed by atoms with E-state index in [4.69, 9.17) is 10.9 Å². The maximum Gasteiger partial charge on any atom is 0.146 e. The van der Waals surface area contributed by atoms with Crippen LogP contribution in [-0.2, 0) is 0 Å². The van der Waals surface area contributed by atoms with Crippen molar-refractivity contribution in [3.05, 3.63) is 29.6 Å². The van der Waals surface area contributed by atoms with E-state index in [9.17, 15) is 4.39 Å². The number of nitrogens with two attached hydrogens (primary N) is 1. The van der Waals surface area contributed by atoms with Crippen LogP contribution in [0.3, 0.4) is 0 Å². The number of amidine groups is 1. The van der Waals surface area contributed by atoms with Gasteiger partial charge < -0.3 is 16.3 Å². The molecule has 0 unspecified atom stereocenters. The molecule has 1 aromatic carbocycles. The van der Waals surface area contributed by atoms with Gasteiger partial charge in [0.1, 0.15) is 11.7 Å². The molecule has 0 radical (unpaired) electrons. The Balaban J connectivity index is 1.95. The van der Waals surface area contributed by atoms with Gasteiger partial charge in [-0.1, -0.05) is 11.2 Å². The number of oxime groups is 1. The van der Waals surface area contributed by atoms with Crippen molar-refractivity contribution in [1.82, 2.24) is 0 Å². The predicted molar refractivity (Wildman–Crippen MR) is 69.3 cm³/mol. The normalized spacial score (nSPS) is 17.6. The molecule has 0 bridgehead atoms. The summed E-state index contributed by atoms with van der Waals surface area (Å²) < 4.78 is 13.6. The third kappa shape index (κ3) is 2.91. The summed E-state index contributed by atoms with van der Waals surface area (Å²) in [5.41, 5.74) is 6.94. The van der Waals surface area contributed by atoms with Gasteiger partial charge in [-0.05, 0) is 42.9 Å². The number of hydrogen-bond donors (Lipinski definition) is 3. The number of hydrogen-bond acceptors (Lipinski definition) is 3. The van der Waals surface area contributed by atoms with Gasteiger partial charge in [-0.15, -0.1) is 0 Å². The molecule has 0 atom stereocenters. The van der Waals surface area contributed by atoms with Crippen molar-refractivity contribution in [3.63, 3.8) is 0 Å². The Kier molecular flexibility index (Phi) is 3.41. The first-order valence-corrected chi connectivity index (χ1v) is 6.01. The molecule has 18 heavy (non-hydrogen) atoms. The minimum atomic E-state index is -0.241. The minimum Gasteiger partial charge on any atom is -0.409 e.